The molecule has 4 heteroatoms. The Morgan fingerprint density at radius 3 is 2.80 bits per heavy atom. The molecule has 0 aliphatic carbocycles. The van der Waals surface area contributed by atoms with Gasteiger partial charge in [-0.1, -0.05) is 17.7 Å². The van der Waals surface area contributed by atoms with Crippen molar-refractivity contribution in [3.63, 3.8) is 0 Å². The van der Waals surface area contributed by atoms with Crippen molar-refractivity contribution in [2.75, 3.05) is 0 Å². The molecule has 0 saturated heterocycles. The van der Waals surface area contributed by atoms with Crippen LogP contribution in [-0.4, -0.2) is 14.8 Å². The molecule has 78 valence electrons. The number of nitrogens with zero attached hydrogens (tertiary/aromatic N) is 3. The molecule has 0 N–H and O–H groups in total. The van der Waals surface area contributed by atoms with Gasteiger partial charge in [0.1, 0.15) is 6.33 Å². The van der Waals surface area contributed by atoms with Gasteiger partial charge in [0.25, 0.3) is 0 Å². The van der Waals surface area contributed by atoms with Crippen molar-refractivity contribution < 1.29 is 0 Å². The molecule has 0 aliphatic heterocycles. The molecule has 1 aromatic heterocycles. The van der Waals surface area contributed by atoms with E-state index in [1.807, 2.05) is 32.0 Å². The second kappa shape index (κ2) is 4.03. The fourth-order valence-corrected chi connectivity index (χ4v) is 1.69. The van der Waals surface area contributed by atoms with Crippen LogP contribution >= 0.6 is 11.6 Å². The zero-order valence-electron chi connectivity index (χ0n) is 8.74. The number of halogens is 1. The van der Waals surface area contributed by atoms with E-state index in [0.29, 0.717) is 10.8 Å². The van der Waals surface area contributed by atoms with E-state index in [9.17, 15) is 0 Å². The first-order valence-electron chi connectivity index (χ1n) is 4.86. The van der Waals surface area contributed by atoms with Gasteiger partial charge < -0.3 is 0 Å². The van der Waals surface area contributed by atoms with Crippen LogP contribution in [0.4, 0.5) is 0 Å². The molecule has 0 aliphatic rings. The highest BCUT2D eigenvalue weighted by molar-refractivity contribution is 6.33. The lowest BCUT2D eigenvalue weighted by Gasteiger charge is -2.00. The third-order valence-electron chi connectivity index (χ3n) is 2.23. The molecule has 0 fully saturated rings. The average molecular weight is 222 g/mol. The second-order valence-electron chi connectivity index (χ2n) is 3.41. The summed E-state index contributed by atoms with van der Waals surface area (Å²) in [5.74, 6) is 0.682. The van der Waals surface area contributed by atoms with Crippen LogP contribution in [0.3, 0.4) is 0 Å². The maximum atomic E-state index is 6.13. The SMILES string of the molecule is CCn1cnc(-c2ccc(C)cc2Cl)n1. The summed E-state index contributed by atoms with van der Waals surface area (Å²) in [6.07, 6.45) is 1.71. The van der Waals surface area contributed by atoms with Gasteiger partial charge in [-0.3, -0.25) is 4.68 Å². The summed E-state index contributed by atoms with van der Waals surface area (Å²) in [7, 11) is 0. The fourth-order valence-electron chi connectivity index (χ4n) is 1.37. The van der Waals surface area contributed by atoms with Crippen molar-refractivity contribution in [3.8, 4) is 11.4 Å². The zero-order valence-corrected chi connectivity index (χ0v) is 9.49. The van der Waals surface area contributed by atoms with Crippen molar-refractivity contribution in [2.45, 2.75) is 20.4 Å². The van der Waals surface area contributed by atoms with E-state index in [4.69, 9.17) is 11.6 Å². The number of hydrogen-bond acceptors (Lipinski definition) is 2. The van der Waals surface area contributed by atoms with Gasteiger partial charge in [-0.2, -0.15) is 5.10 Å². The number of rotatable bonds is 2. The summed E-state index contributed by atoms with van der Waals surface area (Å²) in [6.45, 7) is 4.85. The quantitative estimate of drug-likeness (QED) is 0.781. The van der Waals surface area contributed by atoms with E-state index in [-0.39, 0.29) is 0 Å². The standard InChI is InChI=1S/C11H12ClN3/c1-3-15-7-13-11(14-15)9-5-4-8(2)6-10(9)12/h4-7H,3H2,1-2H3. The van der Waals surface area contributed by atoms with Crippen LogP contribution in [0.25, 0.3) is 11.4 Å². The van der Waals surface area contributed by atoms with Gasteiger partial charge in [0.05, 0.1) is 5.02 Å². The van der Waals surface area contributed by atoms with E-state index >= 15 is 0 Å². The average Bonchev–Trinajstić information content (AvgIpc) is 2.66. The lowest BCUT2D eigenvalue weighted by atomic mass is 10.1. The molecule has 2 aromatic rings. The van der Waals surface area contributed by atoms with Crippen LogP contribution in [0.5, 0.6) is 0 Å². The number of aryl methyl sites for hydroxylation is 2. The van der Waals surface area contributed by atoms with Crippen molar-refractivity contribution in [3.05, 3.63) is 35.1 Å². The Bertz CT molecular complexity index is 476. The highest BCUT2D eigenvalue weighted by Crippen LogP contribution is 2.25. The second-order valence-corrected chi connectivity index (χ2v) is 3.81. The highest BCUT2D eigenvalue weighted by Gasteiger charge is 2.07. The highest BCUT2D eigenvalue weighted by atomic mass is 35.5. The summed E-state index contributed by atoms with van der Waals surface area (Å²) >= 11 is 6.13. The minimum absolute atomic E-state index is 0.682. The van der Waals surface area contributed by atoms with Crippen LogP contribution < -0.4 is 0 Å². The Balaban J connectivity index is 2.44. The van der Waals surface area contributed by atoms with Gasteiger partial charge in [-0.05, 0) is 31.5 Å². The van der Waals surface area contributed by atoms with Gasteiger partial charge in [0, 0.05) is 12.1 Å². The van der Waals surface area contributed by atoms with Crippen molar-refractivity contribution >= 4 is 11.6 Å². The molecule has 3 nitrogen and oxygen atoms in total. The largest absolute Gasteiger partial charge is 0.253 e. The summed E-state index contributed by atoms with van der Waals surface area (Å²) in [5, 5.41) is 5.01. The van der Waals surface area contributed by atoms with Crippen LogP contribution in [0.15, 0.2) is 24.5 Å². The van der Waals surface area contributed by atoms with Crippen LogP contribution in [0.1, 0.15) is 12.5 Å². The molecule has 1 aromatic carbocycles. The first-order chi connectivity index (χ1) is 7.20. The Morgan fingerprint density at radius 2 is 2.20 bits per heavy atom. The zero-order chi connectivity index (χ0) is 10.8. The fraction of sp³-hybridized carbons (Fsp3) is 0.273. The molecule has 2 rings (SSSR count). The van der Waals surface area contributed by atoms with E-state index < -0.39 is 0 Å². The molecule has 1 heterocycles. The van der Waals surface area contributed by atoms with E-state index in [0.717, 1.165) is 17.7 Å². The molecule has 0 radical (unpaired) electrons. The topological polar surface area (TPSA) is 30.7 Å². The maximum absolute atomic E-state index is 6.13. The molecule has 0 atom stereocenters. The monoisotopic (exact) mass is 221 g/mol. The van der Waals surface area contributed by atoms with E-state index in [1.54, 1.807) is 11.0 Å². The predicted octanol–water partition coefficient (Wildman–Crippen LogP) is 2.93. The smallest absolute Gasteiger partial charge is 0.182 e. The van der Waals surface area contributed by atoms with E-state index in [2.05, 4.69) is 10.1 Å². The van der Waals surface area contributed by atoms with Gasteiger partial charge in [-0.25, -0.2) is 4.98 Å². The lowest BCUT2D eigenvalue weighted by Crippen LogP contribution is -1.94. The summed E-state index contributed by atoms with van der Waals surface area (Å²) in [4.78, 5) is 4.22. The van der Waals surface area contributed by atoms with Gasteiger partial charge in [-0.15, -0.1) is 0 Å². The molecule has 15 heavy (non-hydrogen) atoms. The summed E-state index contributed by atoms with van der Waals surface area (Å²) < 4.78 is 1.78. The first-order valence-corrected chi connectivity index (χ1v) is 5.24. The van der Waals surface area contributed by atoms with E-state index in [1.165, 1.54) is 0 Å². The molecule has 0 saturated carbocycles. The van der Waals surface area contributed by atoms with Crippen LogP contribution in [-0.2, 0) is 6.54 Å². The summed E-state index contributed by atoms with van der Waals surface area (Å²) in [5.41, 5.74) is 2.02. The van der Waals surface area contributed by atoms with Crippen LogP contribution in [0, 0.1) is 6.92 Å². The molecule has 0 spiro atoms. The normalized spacial score (nSPS) is 10.6. The Hall–Kier alpha value is -1.35. The first kappa shape index (κ1) is 10.2. The third-order valence-corrected chi connectivity index (χ3v) is 2.54. The molecular formula is C11H12ClN3. The van der Waals surface area contributed by atoms with Crippen molar-refractivity contribution in [1.82, 2.24) is 14.8 Å². The van der Waals surface area contributed by atoms with Gasteiger partial charge in [0.2, 0.25) is 0 Å². The van der Waals surface area contributed by atoms with Crippen molar-refractivity contribution in [2.24, 2.45) is 0 Å². The minimum atomic E-state index is 0.682. The van der Waals surface area contributed by atoms with Crippen molar-refractivity contribution in [1.29, 1.82) is 0 Å². The molecule has 0 unspecified atom stereocenters. The third kappa shape index (κ3) is 2.02. The number of aromatic nitrogens is 3. The predicted molar refractivity (Wildman–Crippen MR) is 60.9 cm³/mol. The Labute approximate surface area is 93.7 Å². The minimum Gasteiger partial charge on any atom is -0.253 e. The van der Waals surface area contributed by atoms with Crippen LogP contribution in [0.2, 0.25) is 5.02 Å². The maximum Gasteiger partial charge on any atom is 0.182 e. The Morgan fingerprint density at radius 1 is 1.40 bits per heavy atom. The lowest BCUT2D eigenvalue weighted by molar-refractivity contribution is 0.660. The number of hydrogen-bond donors (Lipinski definition) is 0. The Kier molecular flexibility index (Phi) is 2.73. The molecular weight excluding hydrogens is 210 g/mol. The number of benzene rings is 1. The summed E-state index contributed by atoms with van der Waals surface area (Å²) in [6, 6.07) is 5.88. The molecule has 0 bridgehead atoms. The van der Waals surface area contributed by atoms with Gasteiger partial charge >= 0.3 is 0 Å². The molecule has 0 amide bonds. The van der Waals surface area contributed by atoms with Gasteiger partial charge in [0.15, 0.2) is 5.82 Å².